The number of hydrogen-bond acceptors (Lipinski definition) is 7. The summed E-state index contributed by atoms with van der Waals surface area (Å²) < 4.78 is 8.94. The number of aromatic nitrogens is 4. The van der Waals surface area contributed by atoms with Crippen LogP contribution < -0.4 is 11.1 Å². The highest BCUT2D eigenvalue weighted by Crippen LogP contribution is 2.33. The van der Waals surface area contributed by atoms with Gasteiger partial charge >= 0.3 is 0 Å². The molecule has 0 bridgehead atoms. The van der Waals surface area contributed by atoms with Gasteiger partial charge in [0.2, 0.25) is 0 Å². The molecule has 1 amide bonds. The maximum absolute atomic E-state index is 12.4. The van der Waals surface area contributed by atoms with Crippen molar-refractivity contribution in [1.29, 1.82) is 0 Å². The molecule has 4 heterocycles. The van der Waals surface area contributed by atoms with Gasteiger partial charge in [0.05, 0.1) is 36.3 Å². The molecule has 0 spiro atoms. The maximum Gasteiger partial charge on any atom is 0.255 e. The molecule has 1 fully saturated rings. The van der Waals surface area contributed by atoms with Gasteiger partial charge in [0.25, 0.3) is 5.91 Å². The van der Waals surface area contributed by atoms with E-state index < -0.39 is 12.1 Å². The molecule has 1 saturated heterocycles. The lowest BCUT2D eigenvalue weighted by Gasteiger charge is -2.26. The number of likely N-dealkylation sites (tertiary alicyclic amines) is 1. The molecule has 10 heteroatoms. The number of hydrogen-bond donors (Lipinski definition) is 3. The minimum Gasteiger partial charge on any atom is -0.383 e. The first-order chi connectivity index (χ1) is 16.0. The first-order valence-corrected chi connectivity index (χ1v) is 10.6. The van der Waals surface area contributed by atoms with Crippen LogP contribution in [0.25, 0.3) is 5.52 Å². The number of methoxy groups -OCH3 is 1. The van der Waals surface area contributed by atoms with Crippen molar-refractivity contribution in [2.24, 2.45) is 5.73 Å². The summed E-state index contributed by atoms with van der Waals surface area (Å²) in [7, 11) is 3.33. The number of amides is 1. The van der Waals surface area contributed by atoms with Gasteiger partial charge in [-0.05, 0) is 30.6 Å². The number of pyridine rings is 1. The Bertz CT molecular complexity index is 1240. The minimum absolute atomic E-state index is 0.0343. The molecular formula is C23H27N7O3. The molecule has 4 N–H and O–H groups in total. The highest BCUT2D eigenvalue weighted by Gasteiger charge is 2.38. The molecule has 3 atom stereocenters. The van der Waals surface area contributed by atoms with Crippen LogP contribution in [0.3, 0.4) is 0 Å². The number of ether oxygens (including phenoxy) is 1. The normalized spacial score (nSPS) is 19.2. The van der Waals surface area contributed by atoms with E-state index in [4.69, 9.17) is 10.5 Å². The van der Waals surface area contributed by atoms with Crippen LogP contribution >= 0.6 is 0 Å². The number of primary amides is 1. The standard InChI is InChI=1S/C23H27N7O3/c1-4-20(31)29-12-16(10-17(29)13-33-3)30-23(25-2)21(22(24)32)18(27-30)8-7-15-6-5-9-28-14-26-11-19(15)28/h4-6,9,11,14,16-17,20,25,31H,1,10,12-13H2,2-3H3,(H2,24,32)/t16-,17+,20?/m0/s1. The summed E-state index contributed by atoms with van der Waals surface area (Å²) in [5.41, 5.74) is 7.85. The number of fused-ring (bicyclic) bond motifs is 1. The molecule has 1 aliphatic rings. The monoisotopic (exact) mass is 449 g/mol. The molecule has 0 aliphatic carbocycles. The van der Waals surface area contributed by atoms with Crippen LogP contribution in [0.15, 0.2) is 43.5 Å². The predicted octanol–water partition coefficient (Wildman–Crippen LogP) is 0.837. The Morgan fingerprint density at radius 3 is 3.03 bits per heavy atom. The Hall–Kier alpha value is -3.65. The number of aliphatic hydroxyl groups excluding tert-OH is 1. The molecule has 1 aliphatic heterocycles. The van der Waals surface area contributed by atoms with Crippen LogP contribution in [0.5, 0.6) is 0 Å². The van der Waals surface area contributed by atoms with Crippen molar-refractivity contribution in [3.63, 3.8) is 0 Å². The third-order valence-corrected chi connectivity index (χ3v) is 5.85. The van der Waals surface area contributed by atoms with Crippen LogP contribution in [-0.2, 0) is 4.74 Å². The number of nitrogens with one attached hydrogen (secondary N) is 1. The minimum atomic E-state index is -0.810. The van der Waals surface area contributed by atoms with Crippen molar-refractivity contribution in [2.75, 3.05) is 32.6 Å². The van der Waals surface area contributed by atoms with Crippen LogP contribution in [0.4, 0.5) is 5.82 Å². The quantitative estimate of drug-likeness (QED) is 0.361. The first-order valence-electron chi connectivity index (χ1n) is 10.6. The smallest absolute Gasteiger partial charge is 0.255 e. The van der Waals surface area contributed by atoms with Crippen molar-refractivity contribution >= 4 is 17.2 Å². The molecule has 33 heavy (non-hydrogen) atoms. The van der Waals surface area contributed by atoms with E-state index in [9.17, 15) is 9.90 Å². The lowest BCUT2D eigenvalue weighted by Crippen LogP contribution is -2.40. The number of anilines is 1. The summed E-state index contributed by atoms with van der Waals surface area (Å²) in [6.45, 7) is 4.64. The molecule has 1 unspecified atom stereocenters. The van der Waals surface area contributed by atoms with E-state index >= 15 is 0 Å². The number of aliphatic hydroxyl groups is 1. The lowest BCUT2D eigenvalue weighted by atomic mass is 10.1. The fourth-order valence-electron chi connectivity index (χ4n) is 4.35. The van der Waals surface area contributed by atoms with E-state index in [2.05, 4.69) is 33.8 Å². The molecular weight excluding hydrogens is 422 g/mol. The highest BCUT2D eigenvalue weighted by atomic mass is 16.5. The Balaban J connectivity index is 1.74. The molecule has 3 aromatic heterocycles. The lowest BCUT2D eigenvalue weighted by molar-refractivity contribution is 0.00605. The Morgan fingerprint density at radius 1 is 1.52 bits per heavy atom. The average molecular weight is 450 g/mol. The van der Waals surface area contributed by atoms with E-state index in [0.717, 1.165) is 11.1 Å². The van der Waals surface area contributed by atoms with Crippen LogP contribution in [0.2, 0.25) is 0 Å². The third kappa shape index (κ3) is 4.21. The predicted molar refractivity (Wildman–Crippen MR) is 124 cm³/mol. The van der Waals surface area contributed by atoms with Gasteiger partial charge in [0.1, 0.15) is 17.6 Å². The van der Waals surface area contributed by atoms with Crippen molar-refractivity contribution in [2.45, 2.75) is 24.7 Å². The maximum atomic E-state index is 12.4. The number of imidazole rings is 1. The molecule has 10 nitrogen and oxygen atoms in total. The number of carbonyl (C=O) groups excluding carboxylic acids is 1. The average Bonchev–Trinajstić information content (AvgIpc) is 3.53. The second kappa shape index (κ2) is 9.46. The highest BCUT2D eigenvalue weighted by molar-refractivity contribution is 6.00. The Kier molecular flexibility index (Phi) is 6.46. The van der Waals surface area contributed by atoms with Gasteiger partial charge < -0.3 is 25.3 Å². The summed E-state index contributed by atoms with van der Waals surface area (Å²) in [4.78, 5) is 18.4. The van der Waals surface area contributed by atoms with Crippen LogP contribution in [-0.4, -0.2) is 74.7 Å². The van der Waals surface area contributed by atoms with Gasteiger partial charge in [-0.3, -0.25) is 9.69 Å². The number of carbonyl (C=O) groups is 1. The van der Waals surface area contributed by atoms with E-state index in [1.807, 2.05) is 27.6 Å². The van der Waals surface area contributed by atoms with Gasteiger partial charge in [-0.15, -0.1) is 0 Å². The zero-order valence-corrected chi connectivity index (χ0v) is 18.6. The molecule has 0 saturated carbocycles. The van der Waals surface area contributed by atoms with Crippen LogP contribution in [0, 0.1) is 11.8 Å². The SMILES string of the molecule is C=CC(O)N1C[C@@H](n2nc(C#Cc3cccn4cncc34)c(C(N)=O)c2NC)C[C@@H]1COC. The van der Waals surface area contributed by atoms with Gasteiger partial charge in [-0.25, -0.2) is 9.67 Å². The zero-order valence-electron chi connectivity index (χ0n) is 18.6. The van der Waals surface area contributed by atoms with Gasteiger partial charge in [-0.2, -0.15) is 5.10 Å². The molecule has 0 aromatic carbocycles. The van der Waals surface area contributed by atoms with Gasteiger partial charge in [-0.1, -0.05) is 12.5 Å². The fraction of sp³-hybridized carbons (Fsp3) is 0.348. The summed E-state index contributed by atoms with van der Waals surface area (Å²) in [6, 6.07) is 3.59. The van der Waals surface area contributed by atoms with E-state index in [0.29, 0.717) is 31.1 Å². The summed E-state index contributed by atoms with van der Waals surface area (Å²) in [6.07, 6.45) is 6.64. The molecule has 172 valence electrons. The second-order valence-electron chi connectivity index (χ2n) is 7.83. The molecule has 0 radical (unpaired) electrons. The number of nitrogens with two attached hydrogens (primary N) is 1. The summed E-state index contributed by atoms with van der Waals surface area (Å²) in [5, 5.41) is 18.1. The van der Waals surface area contributed by atoms with E-state index in [1.54, 1.807) is 31.4 Å². The van der Waals surface area contributed by atoms with Gasteiger partial charge in [0.15, 0.2) is 5.69 Å². The second-order valence-corrected chi connectivity index (χ2v) is 7.83. The topological polar surface area (TPSA) is 123 Å². The van der Waals surface area contributed by atoms with Crippen molar-refractivity contribution < 1.29 is 14.6 Å². The largest absolute Gasteiger partial charge is 0.383 e. The molecule has 3 aromatic rings. The Morgan fingerprint density at radius 2 is 2.33 bits per heavy atom. The van der Waals surface area contributed by atoms with Crippen molar-refractivity contribution in [1.82, 2.24) is 24.1 Å². The zero-order chi connectivity index (χ0) is 23.5. The third-order valence-electron chi connectivity index (χ3n) is 5.85. The first kappa shape index (κ1) is 22.5. The van der Waals surface area contributed by atoms with E-state index in [1.165, 1.54) is 6.08 Å². The fourth-order valence-corrected chi connectivity index (χ4v) is 4.35. The van der Waals surface area contributed by atoms with Crippen molar-refractivity contribution in [3.05, 3.63) is 60.3 Å². The van der Waals surface area contributed by atoms with Gasteiger partial charge in [0, 0.05) is 32.9 Å². The van der Waals surface area contributed by atoms with E-state index in [-0.39, 0.29) is 17.6 Å². The Labute approximate surface area is 191 Å². The van der Waals surface area contributed by atoms with Crippen LogP contribution in [0.1, 0.15) is 34.1 Å². The molecule has 4 rings (SSSR count). The number of nitrogens with zero attached hydrogens (tertiary/aromatic N) is 5. The number of rotatable bonds is 7. The van der Waals surface area contributed by atoms with Crippen molar-refractivity contribution in [3.8, 4) is 11.8 Å². The summed E-state index contributed by atoms with van der Waals surface area (Å²) >= 11 is 0. The summed E-state index contributed by atoms with van der Waals surface area (Å²) in [5.74, 6) is 6.00.